The lowest BCUT2D eigenvalue weighted by molar-refractivity contribution is -0.116. The van der Waals surface area contributed by atoms with Gasteiger partial charge in [0, 0.05) is 32.3 Å². The highest BCUT2D eigenvalue weighted by Crippen LogP contribution is 2.32. The Balaban J connectivity index is 2.31. The molecule has 1 aromatic carbocycles. The molecule has 0 radical (unpaired) electrons. The molecule has 1 aliphatic carbocycles. The number of carbonyl (C=O) groups excluding carboxylic acids is 1. The minimum Gasteiger partial charge on any atom is -0.306 e. The van der Waals surface area contributed by atoms with E-state index < -0.39 is 5.82 Å². The second-order valence-corrected chi connectivity index (χ2v) is 4.83. The van der Waals surface area contributed by atoms with Crippen molar-refractivity contribution in [3.63, 3.8) is 0 Å². The molecule has 0 unspecified atom stereocenters. The van der Waals surface area contributed by atoms with E-state index in [2.05, 4.69) is 5.43 Å². The summed E-state index contributed by atoms with van der Waals surface area (Å²) >= 11 is 0. The molecular formula is C15H20FN3O. The molecule has 20 heavy (non-hydrogen) atoms. The van der Waals surface area contributed by atoms with Crippen molar-refractivity contribution in [2.75, 3.05) is 17.0 Å². The topological polar surface area (TPSA) is 35.6 Å². The number of nitrogens with one attached hydrogen (secondary N) is 1. The van der Waals surface area contributed by atoms with Crippen LogP contribution in [0.25, 0.3) is 0 Å². The molecule has 0 saturated heterocycles. The third-order valence-electron chi connectivity index (χ3n) is 3.26. The Bertz CT molecular complexity index is 526. The van der Waals surface area contributed by atoms with E-state index in [-0.39, 0.29) is 11.6 Å². The molecular weight excluding hydrogens is 257 g/mol. The van der Waals surface area contributed by atoms with Crippen LogP contribution in [-0.4, -0.2) is 19.0 Å². The maximum absolute atomic E-state index is 14.3. The first-order chi connectivity index (χ1) is 9.58. The summed E-state index contributed by atoms with van der Waals surface area (Å²) in [4.78, 5) is 12.9. The largest absolute Gasteiger partial charge is 0.306 e. The van der Waals surface area contributed by atoms with Gasteiger partial charge in [0.15, 0.2) is 0 Å². The molecule has 0 aromatic heterocycles. The van der Waals surface area contributed by atoms with Crippen LogP contribution in [0.15, 0.2) is 30.5 Å². The Hall–Kier alpha value is -1.88. The Morgan fingerprint density at radius 3 is 2.60 bits per heavy atom. The van der Waals surface area contributed by atoms with Gasteiger partial charge in [0.25, 0.3) is 0 Å². The number of carbonyl (C=O) groups is 1. The quantitative estimate of drug-likeness (QED) is 0.841. The van der Waals surface area contributed by atoms with Crippen molar-refractivity contribution in [2.24, 2.45) is 0 Å². The smallest absolute Gasteiger partial charge is 0.228 e. The van der Waals surface area contributed by atoms with Crippen LogP contribution in [0.4, 0.5) is 15.8 Å². The first-order valence-corrected chi connectivity index (χ1v) is 6.77. The predicted molar refractivity (Wildman–Crippen MR) is 78.9 cm³/mol. The van der Waals surface area contributed by atoms with Gasteiger partial charge < -0.3 is 5.01 Å². The highest BCUT2D eigenvalue weighted by molar-refractivity contribution is 5.93. The van der Waals surface area contributed by atoms with Crippen molar-refractivity contribution in [1.29, 1.82) is 0 Å². The van der Waals surface area contributed by atoms with E-state index in [1.165, 1.54) is 17.9 Å². The van der Waals surface area contributed by atoms with Crippen LogP contribution in [0.1, 0.15) is 26.7 Å². The van der Waals surface area contributed by atoms with Gasteiger partial charge in [-0.1, -0.05) is 6.08 Å². The summed E-state index contributed by atoms with van der Waals surface area (Å²) in [6, 6.07) is 5.36. The van der Waals surface area contributed by atoms with Gasteiger partial charge in [0.2, 0.25) is 5.91 Å². The van der Waals surface area contributed by atoms with Gasteiger partial charge in [-0.2, -0.15) is 0 Å². The molecule has 5 heteroatoms. The summed E-state index contributed by atoms with van der Waals surface area (Å²) in [6.45, 7) is 3.20. The van der Waals surface area contributed by atoms with E-state index in [1.54, 1.807) is 25.3 Å². The molecule has 1 fully saturated rings. The number of benzene rings is 1. The zero-order valence-corrected chi connectivity index (χ0v) is 12.1. The highest BCUT2D eigenvalue weighted by atomic mass is 19.1. The molecule has 1 saturated carbocycles. The summed E-state index contributed by atoms with van der Waals surface area (Å²) in [5.41, 5.74) is 4.12. The minimum absolute atomic E-state index is 0.220. The van der Waals surface area contributed by atoms with Crippen LogP contribution >= 0.6 is 0 Å². The molecule has 4 nitrogen and oxygen atoms in total. The maximum Gasteiger partial charge on any atom is 0.228 e. The average Bonchev–Trinajstić information content (AvgIpc) is 3.22. The van der Waals surface area contributed by atoms with E-state index in [0.29, 0.717) is 6.04 Å². The van der Waals surface area contributed by atoms with Crippen molar-refractivity contribution < 1.29 is 9.18 Å². The lowest BCUT2D eigenvalue weighted by atomic mass is 10.2. The summed E-state index contributed by atoms with van der Waals surface area (Å²) in [5, 5.41) is 1.96. The van der Waals surface area contributed by atoms with E-state index in [4.69, 9.17) is 0 Å². The summed E-state index contributed by atoms with van der Waals surface area (Å²) < 4.78 is 14.3. The number of halogens is 1. The van der Waals surface area contributed by atoms with Crippen LogP contribution in [0.5, 0.6) is 0 Å². The fourth-order valence-electron chi connectivity index (χ4n) is 2.20. The van der Waals surface area contributed by atoms with Gasteiger partial charge in [0.05, 0.1) is 11.4 Å². The van der Waals surface area contributed by atoms with E-state index in [9.17, 15) is 9.18 Å². The van der Waals surface area contributed by atoms with Crippen molar-refractivity contribution in [2.45, 2.75) is 32.7 Å². The minimum atomic E-state index is -0.406. The highest BCUT2D eigenvalue weighted by Gasteiger charge is 2.29. The van der Waals surface area contributed by atoms with Crippen LogP contribution in [0, 0.1) is 5.82 Å². The van der Waals surface area contributed by atoms with Crippen LogP contribution in [0.3, 0.4) is 0 Å². The summed E-state index contributed by atoms with van der Waals surface area (Å²) in [7, 11) is 1.83. The second kappa shape index (κ2) is 6.05. The van der Waals surface area contributed by atoms with Crippen molar-refractivity contribution in [3.05, 3.63) is 36.3 Å². The number of rotatable bonds is 5. The van der Waals surface area contributed by atoms with Gasteiger partial charge in [-0.15, -0.1) is 0 Å². The summed E-state index contributed by atoms with van der Waals surface area (Å²) in [6.07, 6.45) is 5.50. The number of nitrogens with zero attached hydrogens (tertiary/aromatic N) is 2. The molecule has 1 N–H and O–H groups in total. The van der Waals surface area contributed by atoms with Gasteiger partial charge in [-0.05, 0) is 31.9 Å². The predicted octanol–water partition coefficient (Wildman–Crippen LogP) is 2.82. The lowest BCUT2D eigenvalue weighted by Gasteiger charge is -2.24. The maximum atomic E-state index is 14.3. The standard InChI is InChI=1S/C15H20FN3O/c1-4-9-18(11(2)20)15-8-7-13(10-14(15)16)19(17-3)12-5-6-12/h4,7-10,12,17H,5-6H2,1-3H3/b9-4-. The zero-order valence-electron chi connectivity index (χ0n) is 12.1. The van der Waals surface area contributed by atoms with E-state index >= 15 is 0 Å². The van der Waals surface area contributed by atoms with Gasteiger partial charge >= 0.3 is 0 Å². The zero-order chi connectivity index (χ0) is 14.7. The van der Waals surface area contributed by atoms with Crippen molar-refractivity contribution in [3.8, 4) is 0 Å². The molecule has 1 aromatic rings. The van der Waals surface area contributed by atoms with Crippen LogP contribution in [0.2, 0.25) is 0 Å². The van der Waals surface area contributed by atoms with Gasteiger partial charge in [-0.25, -0.2) is 9.82 Å². The number of hydrazine groups is 1. The monoisotopic (exact) mass is 277 g/mol. The Labute approximate surface area is 118 Å². The van der Waals surface area contributed by atoms with Gasteiger partial charge in [0.1, 0.15) is 5.82 Å². The van der Waals surface area contributed by atoms with Crippen LogP contribution in [-0.2, 0) is 4.79 Å². The number of amides is 1. The Kier molecular flexibility index (Phi) is 4.39. The second-order valence-electron chi connectivity index (χ2n) is 4.83. The first-order valence-electron chi connectivity index (χ1n) is 6.77. The molecule has 0 aliphatic heterocycles. The molecule has 108 valence electrons. The molecule has 0 bridgehead atoms. The Morgan fingerprint density at radius 1 is 1.45 bits per heavy atom. The van der Waals surface area contributed by atoms with Crippen molar-refractivity contribution >= 4 is 17.3 Å². The number of hydrogen-bond acceptors (Lipinski definition) is 3. The SMILES string of the molecule is C/C=C\N(C(C)=O)c1ccc(N(NC)C2CC2)cc1F. The first kappa shape index (κ1) is 14.5. The fourth-order valence-corrected chi connectivity index (χ4v) is 2.20. The molecule has 1 amide bonds. The third kappa shape index (κ3) is 2.99. The number of hydrogen-bond donors (Lipinski definition) is 1. The lowest BCUT2D eigenvalue weighted by Crippen LogP contribution is -2.37. The number of allylic oxidation sites excluding steroid dienone is 1. The summed E-state index contributed by atoms with van der Waals surface area (Å²) in [5.74, 6) is -0.626. The molecule has 2 rings (SSSR count). The van der Waals surface area contributed by atoms with Crippen LogP contribution < -0.4 is 15.3 Å². The van der Waals surface area contributed by atoms with Gasteiger partial charge in [-0.3, -0.25) is 9.69 Å². The van der Waals surface area contributed by atoms with Crippen molar-refractivity contribution in [1.82, 2.24) is 5.43 Å². The average molecular weight is 277 g/mol. The molecule has 0 atom stereocenters. The normalized spacial score (nSPS) is 14.6. The van der Waals surface area contributed by atoms with E-state index in [0.717, 1.165) is 18.5 Å². The number of anilines is 2. The molecule has 1 aliphatic rings. The molecule has 0 heterocycles. The molecule has 0 spiro atoms. The Morgan fingerprint density at radius 2 is 2.15 bits per heavy atom. The van der Waals surface area contributed by atoms with E-state index in [1.807, 2.05) is 18.1 Å². The fraction of sp³-hybridized carbons (Fsp3) is 0.400. The third-order valence-corrected chi connectivity index (χ3v) is 3.26.